The van der Waals surface area contributed by atoms with Crippen LogP contribution in [-0.4, -0.2) is 38.7 Å². The van der Waals surface area contributed by atoms with E-state index in [-0.39, 0.29) is 41.6 Å². The van der Waals surface area contributed by atoms with Crippen LogP contribution in [0.4, 0.5) is 27.6 Å². The Labute approximate surface area is 227 Å². The van der Waals surface area contributed by atoms with Crippen molar-refractivity contribution >= 4 is 5.69 Å². The molecule has 0 spiro atoms. The van der Waals surface area contributed by atoms with Gasteiger partial charge in [-0.15, -0.1) is 0 Å². The van der Waals surface area contributed by atoms with Gasteiger partial charge in [-0.3, -0.25) is 0 Å². The van der Waals surface area contributed by atoms with Gasteiger partial charge < -0.3 is 14.2 Å². The fourth-order valence-corrected chi connectivity index (χ4v) is 4.66. The summed E-state index contributed by atoms with van der Waals surface area (Å²) in [5, 5.41) is 0. The lowest BCUT2D eigenvalue weighted by Crippen LogP contribution is -2.20. The molecule has 3 heterocycles. The van der Waals surface area contributed by atoms with E-state index in [9.17, 15) is 17.6 Å². The Balaban J connectivity index is 1.45. The summed E-state index contributed by atoms with van der Waals surface area (Å²) in [6, 6.07) is 6.42. The summed E-state index contributed by atoms with van der Waals surface area (Å²) in [4.78, 5) is 17.7. The number of pyridine rings is 1. The molecule has 1 aliphatic rings. The third-order valence-electron chi connectivity index (χ3n) is 6.78. The van der Waals surface area contributed by atoms with Gasteiger partial charge in [-0.1, -0.05) is 24.3 Å². The smallest absolute Gasteiger partial charge is 0.434 e. The molecule has 1 saturated carbocycles. The van der Waals surface area contributed by atoms with Gasteiger partial charge >= 0.3 is 6.18 Å². The molecule has 12 heteroatoms. The van der Waals surface area contributed by atoms with Crippen LogP contribution < -0.4 is 9.64 Å². The molecule has 0 unspecified atom stereocenters. The molecule has 4 aromatic rings. The lowest BCUT2D eigenvalue weighted by Gasteiger charge is -2.22. The van der Waals surface area contributed by atoms with Gasteiger partial charge in [0.1, 0.15) is 23.5 Å². The quantitative estimate of drug-likeness (QED) is 0.222. The molecule has 1 aliphatic carbocycles. The highest BCUT2D eigenvalue weighted by Crippen LogP contribution is 2.46. The number of methoxy groups -OCH3 is 1. The lowest BCUT2D eigenvalue weighted by molar-refractivity contribution is -0.140. The Kier molecular flexibility index (Phi) is 7.19. The third kappa shape index (κ3) is 5.22. The van der Waals surface area contributed by atoms with Crippen molar-refractivity contribution < 1.29 is 26.7 Å². The maximum absolute atomic E-state index is 15.9. The van der Waals surface area contributed by atoms with Gasteiger partial charge in [0.2, 0.25) is 5.88 Å². The Morgan fingerprint density at radius 3 is 2.38 bits per heavy atom. The molecule has 0 saturated heterocycles. The normalized spacial score (nSPS) is 13.7. The molecular weight excluding hydrogens is 531 g/mol. The fraction of sp³-hybridized carbons (Fsp3) is 0.357. The first-order chi connectivity index (χ1) is 19.0. The highest BCUT2D eigenvalue weighted by molar-refractivity contribution is 5.73. The van der Waals surface area contributed by atoms with Gasteiger partial charge in [0.05, 0.1) is 24.6 Å². The van der Waals surface area contributed by atoms with Crippen molar-refractivity contribution in [1.29, 1.82) is 0 Å². The average molecular weight is 559 g/mol. The average Bonchev–Trinajstić information content (AvgIpc) is 3.65. The molecular formula is C28H27F5N6O. The second-order valence-corrected chi connectivity index (χ2v) is 10.0. The molecule has 0 radical (unpaired) electrons. The lowest BCUT2D eigenvalue weighted by atomic mass is 10.1. The number of benzene rings is 1. The Morgan fingerprint density at radius 1 is 1.07 bits per heavy atom. The van der Waals surface area contributed by atoms with Crippen LogP contribution >= 0.6 is 0 Å². The van der Waals surface area contributed by atoms with Gasteiger partial charge in [0.25, 0.3) is 0 Å². The summed E-state index contributed by atoms with van der Waals surface area (Å²) < 4.78 is 77.5. The zero-order chi connectivity index (χ0) is 28.8. The van der Waals surface area contributed by atoms with Crippen LogP contribution in [0.3, 0.4) is 0 Å². The minimum Gasteiger partial charge on any atom is -0.480 e. The van der Waals surface area contributed by atoms with Crippen LogP contribution in [0.25, 0.3) is 22.6 Å². The summed E-state index contributed by atoms with van der Waals surface area (Å²) in [6.45, 7) is 3.65. The van der Waals surface area contributed by atoms with Crippen LogP contribution in [0.5, 0.6) is 5.88 Å². The van der Waals surface area contributed by atoms with E-state index in [1.807, 2.05) is 0 Å². The van der Waals surface area contributed by atoms with Crippen LogP contribution in [0.2, 0.25) is 0 Å². The SMILES string of the molecule is COc1ncnc(C2CC2)c1-c1ncc(F)c(N(C)Cc2ccc(-c3nc(C(F)(F)F)cn3C(C)C)cc2)c1F. The number of halogens is 5. The van der Waals surface area contributed by atoms with E-state index in [2.05, 4.69) is 19.9 Å². The van der Waals surface area contributed by atoms with E-state index in [1.54, 1.807) is 45.2 Å². The molecule has 7 nitrogen and oxygen atoms in total. The van der Waals surface area contributed by atoms with Crippen molar-refractivity contribution in [1.82, 2.24) is 24.5 Å². The number of nitrogens with zero attached hydrogens (tertiary/aromatic N) is 6. The van der Waals surface area contributed by atoms with Gasteiger partial charge in [-0.25, -0.2) is 28.7 Å². The van der Waals surface area contributed by atoms with Crippen molar-refractivity contribution in [2.45, 2.75) is 51.4 Å². The molecule has 210 valence electrons. The number of aromatic nitrogens is 5. The Hall–Kier alpha value is -4.09. The zero-order valence-electron chi connectivity index (χ0n) is 22.3. The number of imidazole rings is 1. The number of alkyl halides is 3. The molecule has 3 aromatic heterocycles. The van der Waals surface area contributed by atoms with Crippen molar-refractivity contribution in [3.05, 3.63) is 71.6 Å². The first kappa shape index (κ1) is 27.5. The monoisotopic (exact) mass is 558 g/mol. The van der Waals surface area contributed by atoms with E-state index in [1.165, 1.54) is 22.9 Å². The standard InChI is InChI=1S/C28H27F5N6O/c1-15(2)39-13-20(28(31,32)33)37-26(39)18-7-5-16(6-8-18)12-38(3)25-19(29)11-34-24(22(25)30)21-23(17-9-10-17)35-14-36-27(21)40-4/h5-8,11,13-15,17H,9-10,12H2,1-4H3. The third-order valence-corrected chi connectivity index (χ3v) is 6.78. The highest BCUT2D eigenvalue weighted by Gasteiger charge is 2.35. The van der Waals surface area contributed by atoms with E-state index < -0.39 is 23.5 Å². The topological polar surface area (TPSA) is 69.0 Å². The minimum atomic E-state index is -4.57. The van der Waals surface area contributed by atoms with Gasteiger partial charge in [0, 0.05) is 37.3 Å². The molecule has 1 fully saturated rings. The minimum absolute atomic E-state index is 0.0982. The Bertz CT molecular complexity index is 1530. The van der Waals surface area contributed by atoms with Crippen molar-refractivity contribution in [3.8, 4) is 28.5 Å². The summed E-state index contributed by atoms with van der Waals surface area (Å²) in [5.74, 6) is -1.23. The second kappa shape index (κ2) is 10.5. The maximum Gasteiger partial charge on any atom is 0.434 e. The second-order valence-electron chi connectivity index (χ2n) is 10.0. The van der Waals surface area contributed by atoms with E-state index in [0.717, 1.165) is 25.2 Å². The van der Waals surface area contributed by atoms with E-state index in [0.29, 0.717) is 22.4 Å². The number of rotatable bonds is 8. The maximum atomic E-state index is 15.9. The molecule has 0 bridgehead atoms. The van der Waals surface area contributed by atoms with Crippen molar-refractivity contribution in [2.75, 3.05) is 19.1 Å². The van der Waals surface area contributed by atoms with E-state index in [4.69, 9.17) is 4.74 Å². The molecule has 1 aromatic carbocycles. The number of anilines is 1. The van der Waals surface area contributed by atoms with Gasteiger partial charge in [-0.2, -0.15) is 13.2 Å². The van der Waals surface area contributed by atoms with Crippen LogP contribution in [0.15, 0.2) is 43.0 Å². The molecule has 40 heavy (non-hydrogen) atoms. The summed E-state index contributed by atoms with van der Waals surface area (Å²) in [7, 11) is 2.96. The largest absolute Gasteiger partial charge is 0.480 e. The van der Waals surface area contributed by atoms with Crippen LogP contribution in [0, 0.1) is 11.6 Å². The predicted octanol–water partition coefficient (Wildman–Crippen LogP) is 6.80. The number of ether oxygens (including phenoxy) is 1. The number of hydrogen-bond acceptors (Lipinski definition) is 6. The molecule has 0 atom stereocenters. The highest BCUT2D eigenvalue weighted by atomic mass is 19.4. The fourth-order valence-electron chi connectivity index (χ4n) is 4.66. The van der Waals surface area contributed by atoms with Crippen LogP contribution in [0.1, 0.15) is 55.6 Å². The summed E-state index contributed by atoms with van der Waals surface area (Å²) >= 11 is 0. The van der Waals surface area contributed by atoms with Gasteiger partial charge in [-0.05, 0) is 32.3 Å². The van der Waals surface area contributed by atoms with Crippen LogP contribution in [-0.2, 0) is 12.7 Å². The molecule has 0 amide bonds. The predicted molar refractivity (Wildman–Crippen MR) is 139 cm³/mol. The molecule has 5 rings (SSSR count). The first-order valence-electron chi connectivity index (χ1n) is 12.7. The molecule has 0 N–H and O–H groups in total. The summed E-state index contributed by atoms with van der Waals surface area (Å²) in [6.07, 6.45) is 0.535. The zero-order valence-corrected chi connectivity index (χ0v) is 22.3. The molecule has 0 aliphatic heterocycles. The van der Waals surface area contributed by atoms with E-state index >= 15 is 4.39 Å². The van der Waals surface area contributed by atoms with Crippen molar-refractivity contribution in [3.63, 3.8) is 0 Å². The summed E-state index contributed by atoms with van der Waals surface area (Å²) in [5.41, 5.74) is 0.741. The van der Waals surface area contributed by atoms with Gasteiger partial charge in [0.15, 0.2) is 17.3 Å². The van der Waals surface area contributed by atoms with Crippen molar-refractivity contribution in [2.24, 2.45) is 0 Å². The Morgan fingerprint density at radius 2 is 1.77 bits per heavy atom. The first-order valence-corrected chi connectivity index (χ1v) is 12.7. The number of hydrogen-bond donors (Lipinski definition) is 0.